The molecule has 0 amide bonds. The van der Waals surface area contributed by atoms with Gasteiger partial charge in [-0.1, -0.05) is 13.8 Å². The Labute approximate surface area is 91.7 Å². The standard InChI is InChI=1S/C6H14O3Si.Na/c1-3-5-8-10(7)9-6-4-2;/h3-6H2,1-2H3;/q;+1. The molecule has 0 aromatic heterocycles. The second-order valence-corrected chi connectivity index (χ2v) is 3.02. The van der Waals surface area contributed by atoms with E-state index in [1.165, 1.54) is 0 Å². The first-order chi connectivity index (χ1) is 4.81. The molecule has 0 unspecified atom stereocenters. The summed E-state index contributed by atoms with van der Waals surface area (Å²) >= 11 is 0. The van der Waals surface area contributed by atoms with Crippen molar-refractivity contribution in [2.45, 2.75) is 26.7 Å². The largest absolute Gasteiger partial charge is 1.00 e. The Kier molecular flexibility index (Phi) is 13.7. The minimum atomic E-state index is -2.16. The van der Waals surface area contributed by atoms with Gasteiger partial charge in [-0.05, 0) is 12.8 Å². The fourth-order valence-electron chi connectivity index (χ4n) is 0.412. The molecule has 5 heteroatoms. The van der Waals surface area contributed by atoms with Crippen molar-refractivity contribution >= 4 is 9.17 Å². The zero-order chi connectivity index (χ0) is 7.82. The van der Waals surface area contributed by atoms with Crippen molar-refractivity contribution in [3.05, 3.63) is 0 Å². The average Bonchev–Trinajstić information content (AvgIpc) is 1.97. The molecule has 0 radical (unpaired) electrons. The Bertz CT molecular complexity index is 89.8. The van der Waals surface area contributed by atoms with Crippen molar-refractivity contribution in [3.8, 4) is 0 Å². The SMILES string of the molecule is CCCO[Si](=O)OCCC.[Na+]. The molecular formula is C6H14NaO3Si+. The van der Waals surface area contributed by atoms with Crippen LogP contribution in [0.25, 0.3) is 0 Å². The molecule has 0 bridgehead atoms. The Balaban J connectivity index is 0. The summed E-state index contributed by atoms with van der Waals surface area (Å²) in [6.07, 6.45) is 1.76. The molecule has 0 aromatic rings. The predicted molar refractivity (Wildman–Crippen MR) is 38.9 cm³/mol. The van der Waals surface area contributed by atoms with Gasteiger partial charge in [0, 0.05) is 0 Å². The molecule has 0 spiro atoms. The first-order valence-electron chi connectivity index (χ1n) is 3.60. The van der Waals surface area contributed by atoms with Crippen LogP contribution in [0.2, 0.25) is 0 Å². The summed E-state index contributed by atoms with van der Waals surface area (Å²) in [7, 11) is -2.16. The molecule has 0 aliphatic heterocycles. The van der Waals surface area contributed by atoms with E-state index in [-0.39, 0.29) is 29.6 Å². The molecule has 11 heavy (non-hydrogen) atoms. The maximum atomic E-state index is 10.7. The first kappa shape index (κ1) is 14.2. The summed E-state index contributed by atoms with van der Waals surface area (Å²) in [5, 5.41) is 0. The van der Waals surface area contributed by atoms with Crippen LogP contribution in [-0.4, -0.2) is 22.4 Å². The smallest absolute Gasteiger partial charge is 0.496 e. The molecule has 0 aliphatic carbocycles. The summed E-state index contributed by atoms with van der Waals surface area (Å²) < 4.78 is 20.3. The zero-order valence-corrected chi connectivity index (χ0v) is 10.6. The van der Waals surface area contributed by atoms with Crippen molar-refractivity contribution in [2.75, 3.05) is 13.2 Å². The van der Waals surface area contributed by atoms with E-state index in [1.54, 1.807) is 0 Å². The monoisotopic (exact) mass is 185 g/mol. The van der Waals surface area contributed by atoms with Gasteiger partial charge in [0.05, 0.1) is 13.2 Å². The van der Waals surface area contributed by atoms with E-state index in [9.17, 15) is 4.46 Å². The molecule has 0 aromatic carbocycles. The summed E-state index contributed by atoms with van der Waals surface area (Å²) in [5.74, 6) is 0. The fraction of sp³-hybridized carbons (Fsp3) is 1.00. The Morgan fingerprint density at radius 1 is 1.09 bits per heavy atom. The van der Waals surface area contributed by atoms with Crippen LogP contribution in [0.5, 0.6) is 0 Å². The maximum Gasteiger partial charge on any atom is 1.00 e. The van der Waals surface area contributed by atoms with E-state index in [0.717, 1.165) is 12.8 Å². The van der Waals surface area contributed by atoms with Crippen molar-refractivity contribution in [3.63, 3.8) is 0 Å². The topological polar surface area (TPSA) is 35.5 Å². The van der Waals surface area contributed by atoms with Gasteiger partial charge in [-0.15, -0.1) is 0 Å². The second kappa shape index (κ2) is 10.6. The Morgan fingerprint density at radius 2 is 1.45 bits per heavy atom. The maximum absolute atomic E-state index is 10.7. The molecule has 0 N–H and O–H groups in total. The van der Waals surface area contributed by atoms with Crippen LogP contribution in [0.1, 0.15) is 26.7 Å². The third-order valence-corrected chi connectivity index (χ3v) is 1.73. The van der Waals surface area contributed by atoms with Gasteiger partial charge in [0.2, 0.25) is 0 Å². The molecule has 60 valence electrons. The molecule has 0 saturated heterocycles. The van der Waals surface area contributed by atoms with E-state index in [1.807, 2.05) is 13.8 Å². The minimum absolute atomic E-state index is 0. The van der Waals surface area contributed by atoms with Crippen LogP contribution in [0.4, 0.5) is 0 Å². The van der Waals surface area contributed by atoms with Crippen LogP contribution in [0, 0.1) is 0 Å². The fourth-order valence-corrected chi connectivity index (χ4v) is 1.24. The predicted octanol–water partition coefficient (Wildman–Crippen LogP) is -1.74. The van der Waals surface area contributed by atoms with Crippen molar-refractivity contribution in [1.29, 1.82) is 0 Å². The summed E-state index contributed by atoms with van der Waals surface area (Å²) in [6, 6.07) is 0. The van der Waals surface area contributed by atoms with Crippen LogP contribution in [0.15, 0.2) is 0 Å². The number of hydrogen-bond acceptors (Lipinski definition) is 3. The van der Waals surface area contributed by atoms with E-state index >= 15 is 0 Å². The molecule has 0 saturated carbocycles. The van der Waals surface area contributed by atoms with Crippen LogP contribution in [0.3, 0.4) is 0 Å². The summed E-state index contributed by atoms with van der Waals surface area (Å²) in [4.78, 5) is 0. The van der Waals surface area contributed by atoms with Crippen LogP contribution < -0.4 is 29.6 Å². The van der Waals surface area contributed by atoms with Gasteiger partial charge in [-0.3, -0.25) is 4.46 Å². The normalized spacial score (nSPS) is 8.18. The van der Waals surface area contributed by atoms with Crippen LogP contribution >= 0.6 is 0 Å². The van der Waals surface area contributed by atoms with Gasteiger partial charge in [0.25, 0.3) is 0 Å². The molecule has 0 fully saturated rings. The Morgan fingerprint density at radius 3 is 1.73 bits per heavy atom. The van der Waals surface area contributed by atoms with Crippen molar-refractivity contribution < 1.29 is 42.9 Å². The molecule has 0 heterocycles. The molecular weight excluding hydrogens is 171 g/mol. The van der Waals surface area contributed by atoms with E-state index in [0.29, 0.717) is 13.2 Å². The molecule has 3 nitrogen and oxygen atoms in total. The average molecular weight is 185 g/mol. The molecule has 0 rings (SSSR count). The second-order valence-electron chi connectivity index (χ2n) is 1.95. The molecule has 0 atom stereocenters. The number of hydrogen-bond donors (Lipinski definition) is 0. The van der Waals surface area contributed by atoms with Gasteiger partial charge < -0.3 is 8.85 Å². The van der Waals surface area contributed by atoms with Gasteiger partial charge in [0.1, 0.15) is 0 Å². The van der Waals surface area contributed by atoms with Crippen molar-refractivity contribution in [2.24, 2.45) is 0 Å². The van der Waals surface area contributed by atoms with Crippen molar-refractivity contribution in [1.82, 2.24) is 0 Å². The van der Waals surface area contributed by atoms with E-state index < -0.39 is 9.17 Å². The first-order valence-corrected chi connectivity index (χ1v) is 4.83. The van der Waals surface area contributed by atoms with E-state index in [2.05, 4.69) is 0 Å². The van der Waals surface area contributed by atoms with E-state index in [4.69, 9.17) is 8.85 Å². The molecule has 0 aliphatic rings. The minimum Gasteiger partial charge on any atom is -0.496 e. The number of rotatable bonds is 6. The third-order valence-electron chi connectivity index (χ3n) is 0.848. The van der Waals surface area contributed by atoms with Gasteiger partial charge in [-0.2, -0.15) is 0 Å². The third kappa shape index (κ3) is 10.6. The summed E-state index contributed by atoms with van der Waals surface area (Å²) in [6.45, 7) is 4.99. The quantitative estimate of drug-likeness (QED) is 0.461. The van der Waals surface area contributed by atoms with Crippen LogP contribution in [-0.2, 0) is 13.3 Å². The van der Waals surface area contributed by atoms with Gasteiger partial charge in [-0.25, -0.2) is 0 Å². The zero-order valence-electron chi connectivity index (χ0n) is 7.55. The van der Waals surface area contributed by atoms with Gasteiger partial charge >= 0.3 is 38.7 Å². The Hall–Kier alpha value is 0.617. The van der Waals surface area contributed by atoms with Gasteiger partial charge in [0.15, 0.2) is 0 Å². The summed E-state index contributed by atoms with van der Waals surface area (Å²) in [5.41, 5.74) is 0.